The number of unbranched alkanes of at least 4 members (excludes halogenated alkanes) is 1. The first-order chi connectivity index (χ1) is 13.1. The fourth-order valence-electron chi connectivity index (χ4n) is 3.88. The van der Waals surface area contributed by atoms with Crippen molar-refractivity contribution >= 4 is 5.91 Å². The Morgan fingerprint density at radius 1 is 1.30 bits per heavy atom. The number of carbonyl (C=O) groups is 1. The van der Waals surface area contributed by atoms with E-state index in [1.54, 1.807) is 4.57 Å². The molecule has 8 nitrogen and oxygen atoms in total. The first-order valence-corrected chi connectivity index (χ1v) is 10.1. The lowest BCUT2D eigenvalue weighted by atomic mass is 10.0. The number of fused-ring (bicyclic) bond motifs is 1. The molecule has 1 N–H and O–H groups in total. The molecule has 0 saturated heterocycles. The highest BCUT2D eigenvalue weighted by molar-refractivity contribution is 5.76. The molecule has 0 spiro atoms. The number of nitrogens with zero attached hydrogens (tertiary/aromatic N) is 5. The van der Waals surface area contributed by atoms with E-state index in [1.807, 2.05) is 11.8 Å². The highest BCUT2D eigenvalue weighted by atomic mass is 16.2. The van der Waals surface area contributed by atoms with E-state index in [0.29, 0.717) is 25.6 Å². The maximum absolute atomic E-state index is 12.9. The van der Waals surface area contributed by atoms with Gasteiger partial charge in [-0.05, 0) is 26.2 Å². The maximum atomic E-state index is 12.9. The third-order valence-electron chi connectivity index (χ3n) is 5.64. The van der Waals surface area contributed by atoms with Gasteiger partial charge in [0.2, 0.25) is 5.91 Å². The molecule has 3 heterocycles. The van der Waals surface area contributed by atoms with Crippen LogP contribution in [-0.2, 0) is 37.3 Å². The summed E-state index contributed by atoms with van der Waals surface area (Å²) in [5.74, 6) is 1.29. The molecule has 0 unspecified atom stereocenters. The molecule has 1 fully saturated rings. The van der Waals surface area contributed by atoms with E-state index in [9.17, 15) is 9.59 Å². The number of hydrogen-bond acceptors (Lipinski definition) is 4. The van der Waals surface area contributed by atoms with Crippen molar-refractivity contribution in [2.24, 2.45) is 0 Å². The third-order valence-corrected chi connectivity index (χ3v) is 5.64. The molecule has 1 aliphatic heterocycles. The van der Waals surface area contributed by atoms with E-state index in [2.05, 4.69) is 22.2 Å². The van der Waals surface area contributed by atoms with Gasteiger partial charge in [-0.1, -0.05) is 13.3 Å². The lowest BCUT2D eigenvalue weighted by molar-refractivity contribution is -0.133. The molecule has 0 bridgehead atoms. The largest absolute Gasteiger partial charge is 0.346 e. The Hall–Kier alpha value is -2.38. The lowest BCUT2D eigenvalue weighted by Gasteiger charge is -2.27. The van der Waals surface area contributed by atoms with Gasteiger partial charge in [-0.25, -0.2) is 9.48 Å². The predicted molar refractivity (Wildman–Crippen MR) is 100 cm³/mol. The van der Waals surface area contributed by atoms with Gasteiger partial charge in [0.25, 0.3) is 0 Å². The number of hydrogen-bond donors (Lipinski definition) is 1. The lowest BCUT2D eigenvalue weighted by Crippen LogP contribution is -2.40. The molecule has 2 aromatic heterocycles. The minimum absolute atomic E-state index is 0.0108. The van der Waals surface area contributed by atoms with Crippen LogP contribution in [0.5, 0.6) is 0 Å². The van der Waals surface area contributed by atoms with Gasteiger partial charge in [0.15, 0.2) is 0 Å². The Balaban J connectivity index is 1.48. The highest BCUT2D eigenvalue weighted by Gasteiger charge is 2.33. The molecule has 2 aliphatic rings. The van der Waals surface area contributed by atoms with Crippen LogP contribution in [0.15, 0.2) is 4.79 Å². The summed E-state index contributed by atoms with van der Waals surface area (Å²) in [5, 5.41) is 12.1. The summed E-state index contributed by atoms with van der Waals surface area (Å²) in [4.78, 5) is 27.3. The average Bonchev–Trinajstić information content (AvgIpc) is 3.36. The Morgan fingerprint density at radius 3 is 2.81 bits per heavy atom. The molecule has 0 radical (unpaired) electrons. The van der Waals surface area contributed by atoms with Gasteiger partial charge < -0.3 is 4.90 Å². The molecule has 1 aliphatic carbocycles. The molecule has 4 rings (SSSR count). The van der Waals surface area contributed by atoms with Gasteiger partial charge in [-0.15, -0.1) is 0 Å². The van der Waals surface area contributed by atoms with Crippen LogP contribution in [0.25, 0.3) is 0 Å². The molecule has 0 atom stereocenters. The van der Waals surface area contributed by atoms with E-state index >= 15 is 0 Å². The highest BCUT2D eigenvalue weighted by Crippen LogP contribution is 2.42. The van der Waals surface area contributed by atoms with Gasteiger partial charge >= 0.3 is 5.69 Å². The summed E-state index contributed by atoms with van der Waals surface area (Å²) in [6.07, 6.45) is 5.98. The van der Waals surface area contributed by atoms with Crippen LogP contribution in [0, 0.1) is 0 Å². The van der Waals surface area contributed by atoms with Crippen LogP contribution >= 0.6 is 0 Å². The molecule has 2 aromatic rings. The summed E-state index contributed by atoms with van der Waals surface area (Å²) in [6, 6.07) is 0. The number of rotatable bonds is 7. The van der Waals surface area contributed by atoms with E-state index in [4.69, 9.17) is 0 Å². The third kappa shape index (κ3) is 3.44. The second-order valence-corrected chi connectivity index (χ2v) is 7.61. The summed E-state index contributed by atoms with van der Waals surface area (Å²) < 4.78 is 3.02. The van der Waals surface area contributed by atoms with Gasteiger partial charge in [-0.3, -0.25) is 14.5 Å². The number of H-pyrrole nitrogens is 1. The van der Waals surface area contributed by atoms with Crippen LogP contribution in [0.2, 0.25) is 0 Å². The smallest absolute Gasteiger partial charge is 0.336 e. The molecule has 8 heteroatoms. The number of aryl methyl sites for hydroxylation is 1. The Bertz CT molecular complexity index is 889. The van der Waals surface area contributed by atoms with Crippen molar-refractivity contribution in [2.45, 2.75) is 77.9 Å². The number of aromatic nitrogens is 5. The Morgan fingerprint density at radius 2 is 2.11 bits per heavy atom. The van der Waals surface area contributed by atoms with E-state index in [0.717, 1.165) is 42.9 Å². The fraction of sp³-hybridized carbons (Fsp3) is 0.684. The minimum Gasteiger partial charge on any atom is -0.336 e. The number of carbonyl (C=O) groups excluding carboxylic acids is 1. The first-order valence-electron chi connectivity index (χ1n) is 10.1. The van der Waals surface area contributed by atoms with Gasteiger partial charge in [0, 0.05) is 49.7 Å². The minimum atomic E-state index is -0.184. The van der Waals surface area contributed by atoms with Crippen molar-refractivity contribution < 1.29 is 4.79 Å². The Kier molecular flexibility index (Phi) is 4.88. The van der Waals surface area contributed by atoms with Crippen molar-refractivity contribution in [1.82, 2.24) is 29.4 Å². The summed E-state index contributed by atoms with van der Waals surface area (Å²) in [5.41, 5.74) is 3.30. The van der Waals surface area contributed by atoms with Gasteiger partial charge in [0.1, 0.15) is 12.4 Å². The maximum Gasteiger partial charge on any atom is 0.346 e. The fourth-order valence-corrected chi connectivity index (χ4v) is 3.88. The van der Waals surface area contributed by atoms with Crippen LogP contribution in [0.3, 0.4) is 0 Å². The summed E-state index contributed by atoms with van der Waals surface area (Å²) in [7, 11) is 0. The number of nitrogens with one attached hydrogen (secondary N) is 1. The van der Waals surface area contributed by atoms with Crippen molar-refractivity contribution in [1.29, 1.82) is 0 Å². The van der Waals surface area contributed by atoms with Crippen molar-refractivity contribution in [3.05, 3.63) is 33.3 Å². The molecule has 1 amide bonds. The SMILES string of the molecule is CCCCc1nn(CC(=O)N2CCc3[nH]nc(C4CC4)c3C2)c(=O)n1CC. The summed E-state index contributed by atoms with van der Waals surface area (Å²) >= 11 is 0. The van der Waals surface area contributed by atoms with Crippen LogP contribution < -0.4 is 5.69 Å². The van der Waals surface area contributed by atoms with Crippen molar-refractivity contribution in [2.75, 3.05) is 6.54 Å². The molecular weight excluding hydrogens is 344 g/mol. The van der Waals surface area contributed by atoms with E-state index in [-0.39, 0.29) is 18.1 Å². The standard InChI is InChI=1S/C19H28N6O2/c1-3-5-6-16-22-25(19(27)24(16)4-2)12-17(26)23-10-9-15-14(11-23)18(21-20-15)13-7-8-13/h13H,3-12H2,1-2H3,(H,20,21). The van der Waals surface area contributed by atoms with E-state index in [1.165, 1.54) is 23.1 Å². The van der Waals surface area contributed by atoms with Crippen molar-refractivity contribution in [3.63, 3.8) is 0 Å². The first kappa shape index (κ1) is 18.0. The molecule has 27 heavy (non-hydrogen) atoms. The number of amides is 1. The monoisotopic (exact) mass is 372 g/mol. The molecule has 0 aromatic carbocycles. The average molecular weight is 372 g/mol. The van der Waals surface area contributed by atoms with Crippen molar-refractivity contribution in [3.8, 4) is 0 Å². The molecular formula is C19H28N6O2. The van der Waals surface area contributed by atoms with Crippen LogP contribution in [0.4, 0.5) is 0 Å². The summed E-state index contributed by atoms with van der Waals surface area (Å²) in [6.45, 7) is 5.89. The second-order valence-electron chi connectivity index (χ2n) is 7.61. The second kappa shape index (κ2) is 7.32. The van der Waals surface area contributed by atoms with Crippen LogP contribution in [0.1, 0.15) is 68.2 Å². The zero-order valence-corrected chi connectivity index (χ0v) is 16.2. The normalized spacial score (nSPS) is 16.6. The van der Waals surface area contributed by atoms with E-state index < -0.39 is 0 Å². The number of aromatic amines is 1. The van der Waals surface area contributed by atoms with Gasteiger partial charge in [0.05, 0.1) is 5.69 Å². The van der Waals surface area contributed by atoms with Gasteiger partial charge in [-0.2, -0.15) is 10.2 Å². The Labute approximate surface area is 158 Å². The zero-order chi connectivity index (χ0) is 19.0. The van der Waals surface area contributed by atoms with Crippen LogP contribution in [-0.4, -0.2) is 41.9 Å². The quantitative estimate of drug-likeness (QED) is 0.799. The predicted octanol–water partition coefficient (Wildman–Crippen LogP) is 1.59. The molecule has 146 valence electrons. The topological polar surface area (TPSA) is 88.8 Å². The molecule has 1 saturated carbocycles. The zero-order valence-electron chi connectivity index (χ0n) is 16.2.